The Labute approximate surface area is 157 Å². The number of fused-ring (bicyclic) bond motifs is 4. The molecule has 2 aromatic heterocycles. The van der Waals surface area contributed by atoms with Gasteiger partial charge in [0, 0.05) is 29.2 Å². The molecule has 7 nitrogen and oxygen atoms in total. The maximum atomic E-state index is 10.8. The van der Waals surface area contributed by atoms with Crippen molar-refractivity contribution in [2.24, 2.45) is 0 Å². The van der Waals surface area contributed by atoms with Gasteiger partial charge in [0.1, 0.15) is 17.9 Å². The molecule has 27 heavy (non-hydrogen) atoms. The topological polar surface area (TPSA) is 83.5 Å². The van der Waals surface area contributed by atoms with E-state index in [1.807, 2.05) is 30.5 Å². The summed E-state index contributed by atoms with van der Waals surface area (Å²) in [5.41, 5.74) is 1.32. The number of anilines is 1. The molecule has 0 bridgehead atoms. The SMILES string of the molecule is CC(C)(O)c1nc(-c2cccc3[nH]ccc23)nc2c1OC[C@H]1COCCN21. The Morgan fingerprint density at radius 3 is 2.96 bits per heavy atom. The summed E-state index contributed by atoms with van der Waals surface area (Å²) in [6.45, 7) is 5.98. The predicted octanol–water partition coefficient (Wildman–Crippen LogP) is 2.45. The third-order valence-electron chi connectivity index (χ3n) is 5.18. The second kappa shape index (κ2) is 5.94. The number of hydrogen-bond acceptors (Lipinski definition) is 6. The zero-order valence-electron chi connectivity index (χ0n) is 15.4. The minimum Gasteiger partial charge on any atom is -0.485 e. The fraction of sp³-hybridized carbons (Fsp3) is 0.400. The first-order valence-corrected chi connectivity index (χ1v) is 9.21. The van der Waals surface area contributed by atoms with Crippen LogP contribution in [0.5, 0.6) is 5.75 Å². The summed E-state index contributed by atoms with van der Waals surface area (Å²) >= 11 is 0. The number of aromatic amines is 1. The monoisotopic (exact) mass is 366 g/mol. The van der Waals surface area contributed by atoms with Crippen molar-refractivity contribution in [2.45, 2.75) is 25.5 Å². The molecule has 0 amide bonds. The van der Waals surface area contributed by atoms with Gasteiger partial charge in [-0.1, -0.05) is 12.1 Å². The number of morpholine rings is 1. The molecule has 2 aliphatic heterocycles. The number of ether oxygens (including phenoxy) is 2. The third kappa shape index (κ3) is 2.65. The molecule has 0 spiro atoms. The molecule has 7 heteroatoms. The van der Waals surface area contributed by atoms with Crippen LogP contribution in [0.2, 0.25) is 0 Å². The van der Waals surface area contributed by atoms with Gasteiger partial charge < -0.3 is 24.5 Å². The molecular formula is C20H22N4O3. The van der Waals surface area contributed by atoms with Gasteiger partial charge in [-0.15, -0.1) is 0 Å². The number of benzene rings is 1. The van der Waals surface area contributed by atoms with Crippen molar-refractivity contribution in [3.63, 3.8) is 0 Å². The molecule has 1 atom stereocenters. The van der Waals surface area contributed by atoms with Crippen LogP contribution in [0, 0.1) is 0 Å². The van der Waals surface area contributed by atoms with Crippen LogP contribution in [0.1, 0.15) is 19.5 Å². The molecule has 0 aliphatic carbocycles. The van der Waals surface area contributed by atoms with E-state index in [-0.39, 0.29) is 6.04 Å². The van der Waals surface area contributed by atoms with E-state index in [1.54, 1.807) is 13.8 Å². The lowest BCUT2D eigenvalue weighted by atomic mass is 10.0. The van der Waals surface area contributed by atoms with E-state index in [4.69, 9.17) is 19.4 Å². The highest BCUT2D eigenvalue weighted by Crippen LogP contribution is 2.41. The summed E-state index contributed by atoms with van der Waals surface area (Å²) in [6, 6.07) is 8.16. The number of H-pyrrole nitrogens is 1. The Balaban J connectivity index is 1.75. The van der Waals surface area contributed by atoms with Gasteiger partial charge >= 0.3 is 0 Å². The second-order valence-corrected chi connectivity index (χ2v) is 7.59. The van der Waals surface area contributed by atoms with Crippen LogP contribution < -0.4 is 9.64 Å². The van der Waals surface area contributed by atoms with Gasteiger partial charge in [0.05, 0.1) is 19.3 Å². The lowest BCUT2D eigenvalue weighted by Gasteiger charge is -2.41. The Hall–Kier alpha value is -2.64. The Morgan fingerprint density at radius 2 is 2.11 bits per heavy atom. The summed E-state index contributed by atoms with van der Waals surface area (Å²) in [4.78, 5) is 15.1. The number of nitrogens with zero attached hydrogens (tertiary/aromatic N) is 3. The van der Waals surface area contributed by atoms with Crippen molar-refractivity contribution in [3.8, 4) is 17.1 Å². The van der Waals surface area contributed by atoms with Crippen molar-refractivity contribution in [1.82, 2.24) is 15.0 Å². The first kappa shape index (κ1) is 16.5. The number of aliphatic hydroxyl groups is 1. The Bertz CT molecular complexity index is 1010. The largest absolute Gasteiger partial charge is 0.485 e. The molecule has 0 radical (unpaired) electrons. The molecule has 0 saturated carbocycles. The van der Waals surface area contributed by atoms with E-state index in [9.17, 15) is 5.11 Å². The van der Waals surface area contributed by atoms with Crippen LogP contribution in [0.25, 0.3) is 22.3 Å². The van der Waals surface area contributed by atoms with Crippen molar-refractivity contribution in [1.29, 1.82) is 0 Å². The third-order valence-corrected chi connectivity index (χ3v) is 5.18. The van der Waals surface area contributed by atoms with Crippen LogP contribution in [0.15, 0.2) is 30.5 Å². The van der Waals surface area contributed by atoms with Gasteiger partial charge in [-0.05, 0) is 26.0 Å². The molecule has 1 saturated heterocycles. The maximum absolute atomic E-state index is 10.8. The molecular weight excluding hydrogens is 344 g/mol. The van der Waals surface area contributed by atoms with Gasteiger partial charge in [-0.2, -0.15) is 0 Å². The molecule has 1 fully saturated rings. The standard InChI is InChI=1S/C20H22N4O3/c1-20(2,25)17-16-19(24-8-9-26-10-12(24)11-27-16)23-18(22-17)14-4-3-5-15-13(14)6-7-21-15/h3-7,12,21,25H,8-11H2,1-2H3/t12-/m1/s1. The zero-order chi connectivity index (χ0) is 18.6. The van der Waals surface area contributed by atoms with Crippen LogP contribution in [-0.4, -0.2) is 52.5 Å². The molecule has 5 rings (SSSR count). The van der Waals surface area contributed by atoms with Gasteiger partial charge in [-0.25, -0.2) is 9.97 Å². The van der Waals surface area contributed by atoms with E-state index in [2.05, 4.69) is 9.88 Å². The smallest absolute Gasteiger partial charge is 0.186 e. The summed E-state index contributed by atoms with van der Waals surface area (Å²) in [5.74, 6) is 1.90. The molecule has 3 aromatic rings. The quantitative estimate of drug-likeness (QED) is 0.725. The van der Waals surface area contributed by atoms with Gasteiger partial charge in [-0.3, -0.25) is 0 Å². The minimum atomic E-state index is -1.15. The van der Waals surface area contributed by atoms with Crippen molar-refractivity contribution < 1.29 is 14.6 Å². The summed E-state index contributed by atoms with van der Waals surface area (Å²) in [6.07, 6.45) is 1.91. The highest BCUT2D eigenvalue weighted by Gasteiger charge is 2.37. The first-order chi connectivity index (χ1) is 13.0. The van der Waals surface area contributed by atoms with E-state index in [0.29, 0.717) is 37.1 Å². The van der Waals surface area contributed by atoms with Crippen LogP contribution in [0.4, 0.5) is 5.82 Å². The van der Waals surface area contributed by atoms with Crippen molar-refractivity contribution >= 4 is 16.7 Å². The minimum absolute atomic E-state index is 0.131. The predicted molar refractivity (Wildman–Crippen MR) is 102 cm³/mol. The average Bonchev–Trinajstić information content (AvgIpc) is 3.15. The van der Waals surface area contributed by atoms with Crippen molar-refractivity contribution in [3.05, 3.63) is 36.2 Å². The van der Waals surface area contributed by atoms with Crippen LogP contribution in [-0.2, 0) is 10.3 Å². The highest BCUT2D eigenvalue weighted by atomic mass is 16.5. The Kier molecular flexibility index (Phi) is 3.63. The number of nitrogens with one attached hydrogen (secondary N) is 1. The average molecular weight is 366 g/mol. The number of rotatable bonds is 2. The molecule has 2 aliphatic rings. The molecule has 1 aromatic carbocycles. The van der Waals surface area contributed by atoms with Crippen LogP contribution in [0.3, 0.4) is 0 Å². The highest BCUT2D eigenvalue weighted by molar-refractivity contribution is 5.93. The van der Waals surface area contributed by atoms with Crippen molar-refractivity contribution in [2.75, 3.05) is 31.3 Å². The van der Waals surface area contributed by atoms with Gasteiger partial charge in [0.15, 0.2) is 17.4 Å². The number of aromatic nitrogens is 3. The summed E-state index contributed by atoms with van der Waals surface area (Å²) in [5, 5.41) is 11.8. The Morgan fingerprint density at radius 1 is 1.22 bits per heavy atom. The van der Waals surface area contributed by atoms with E-state index in [0.717, 1.165) is 28.8 Å². The van der Waals surface area contributed by atoms with Gasteiger partial charge in [0.25, 0.3) is 0 Å². The summed E-state index contributed by atoms with van der Waals surface area (Å²) < 4.78 is 11.6. The molecule has 0 unspecified atom stereocenters. The van der Waals surface area contributed by atoms with E-state index in [1.165, 1.54) is 0 Å². The molecule has 2 N–H and O–H groups in total. The van der Waals surface area contributed by atoms with E-state index >= 15 is 0 Å². The first-order valence-electron chi connectivity index (χ1n) is 9.21. The maximum Gasteiger partial charge on any atom is 0.186 e. The van der Waals surface area contributed by atoms with Crippen LogP contribution >= 0.6 is 0 Å². The fourth-order valence-corrected chi connectivity index (χ4v) is 3.83. The zero-order valence-corrected chi connectivity index (χ0v) is 15.4. The number of hydrogen-bond donors (Lipinski definition) is 2. The van der Waals surface area contributed by atoms with Gasteiger partial charge in [0.2, 0.25) is 0 Å². The lowest BCUT2D eigenvalue weighted by Crippen LogP contribution is -2.52. The molecule has 140 valence electrons. The fourth-order valence-electron chi connectivity index (χ4n) is 3.83. The molecule has 4 heterocycles. The normalized spacial score (nSPS) is 19.5. The lowest BCUT2D eigenvalue weighted by molar-refractivity contribution is 0.0563. The van der Waals surface area contributed by atoms with E-state index < -0.39 is 5.60 Å². The second-order valence-electron chi connectivity index (χ2n) is 7.59. The summed E-state index contributed by atoms with van der Waals surface area (Å²) in [7, 11) is 0.